The summed E-state index contributed by atoms with van der Waals surface area (Å²) in [6, 6.07) is -2.59. The second kappa shape index (κ2) is 17.6. The van der Waals surface area contributed by atoms with Gasteiger partial charge in [0.25, 0.3) is 11.6 Å². The molecular formula is C22H36BaN2O18. The number of nitrogens with one attached hydrogen (secondary N) is 2. The summed E-state index contributed by atoms with van der Waals surface area (Å²) in [4.78, 5) is 44.2. The Hall–Kier alpha value is -1.03. The summed E-state index contributed by atoms with van der Waals surface area (Å²) >= 11 is 0. The van der Waals surface area contributed by atoms with Crippen molar-refractivity contribution in [2.45, 2.75) is 99.2 Å². The summed E-state index contributed by atoms with van der Waals surface area (Å²) in [5.41, 5.74) is 0. The van der Waals surface area contributed by atoms with E-state index < -0.39 is 122 Å². The predicted octanol–water partition coefficient (Wildman–Crippen LogP) is -9.39. The molecule has 2 rings (SSSR count). The summed E-state index contributed by atoms with van der Waals surface area (Å²) in [7, 11) is 0. The van der Waals surface area contributed by atoms with Gasteiger partial charge in [0.05, 0.1) is 36.5 Å². The molecule has 2 amide bonds. The zero-order valence-electron chi connectivity index (χ0n) is 23.0. The van der Waals surface area contributed by atoms with Gasteiger partial charge in [-0.3, -0.25) is 9.59 Å². The van der Waals surface area contributed by atoms with Gasteiger partial charge in [-0.25, -0.2) is 9.59 Å². The molecule has 244 valence electrons. The van der Waals surface area contributed by atoms with Gasteiger partial charge in [-0.2, -0.15) is 0 Å². The van der Waals surface area contributed by atoms with Crippen molar-refractivity contribution in [3.05, 3.63) is 0 Å². The molecule has 0 radical (unpaired) electrons. The molecule has 20 nitrogen and oxygen atoms in total. The molecule has 2 heterocycles. The Balaban J connectivity index is 0.000000802. The molecule has 2 fully saturated rings. The predicted molar refractivity (Wildman–Crippen MR) is 131 cm³/mol. The van der Waals surface area contributed by atoms with E-state index in [2.05, 4.69) is 10.6 Å². The third kappa shape index (κ3) is 11.1. The smallest absolute Gasteiger partial charge is 0.853 e. The van der Waals surface area contributed by atoms with Crippen LogP contribution < -0.4 is 20.8 Å². The Labute approximate surface area is 283 Å². The minimum absolute atomic E-state index is 0. The number of carbonyl (C=O) groups is 4. The van der Waals surface area contributed by atoms with Crippen LogP contribution in [0.3, 0.4) is 0 Å². The van der Waals surface area contributed by atoms with E-state index in [4.69, 9.17) is 19.7 Å². The van der Waals surface area contributed by atoms with E-state index in [1.54, 1.807) is 0 Å². The standard InChI is InChI=1S/2C11H18NO9.Ba/c2*1-4(14)12-7-5(15)2-11(20,10(18)19)21-9(7)8(17)6(16)3-13;/h2*5-9,15-17,20H,2-3H2,1H3,(H,12,14)(H,18,19);/q2*-1;+2/t2*5-,6+,7+,8+,9+,11-;/m00./s1. The van der Waals surface area contributed by atoms with Gasteiger partial charge in [0, 0.05) is 26.7 Å². The molecule has 0 spiro atoms. The van der Waals surface area contributed by atoms with Crippen LogP contribution in [0.25, 0.3) is 0 Å². The van der Waals surface area contributed by atoms with E-state index in [1.165, 1.54) is 0 Å². The monoisotopic (exact) mass is 754 g/mol. The van der Waals surface area contributed by atoms with Crippen LogP contribution in [0.5, 0.6) is 0 Å². The SMILES string of the molecule is CC(=O)N[C@H]1[C@H]([C@H](O)[C@H](O)C[O-])O[C@](O)(C(=O)O)C[C@@H]1O.CC(=O)N[C@H]1[C@H]([C@H](O)[C@H](O)C[O-])O[C@](O)(C(=O)O)C[C@@H]1O.[Ba+2]. The molecule has 0 aromatic rings. The molecule has 0 saturated carbocycles. The van der Waals surface area contributed by atoms with Crippen molar-refractivity contribution in [1.29, 1.82) is 0 Å². The number of aliphatic hydroxyl groups excluding tert-OH is 6. The maximum atomic E-state index is 11.1. The first-order valence-corrected chi connectivity index (χ1v) is 12.3. The van der Waals surface area contributed by atoms with Gasteiger partial charge >= 0.3 is 60.8 Å². The van der Waals surface area contributed by atoms with Crippen molar-refractivity contribution in [3.8, 4) is 0 Å². The van der Waals surface area contributed by atoms with Gasteiger partial charge in [0.15, 0.2) is 0 Å². The summed E-state index contributed by atoms with van der Waals surface area (Å²) in [6.07, 6.45) is -15.5. The summed E-state index contributed by atoms with van der Waals surface area (Å²) in [5.74, 6) is -10.5. The second-order valence-electron chi connectivity index (χ2n) is 9.79. The minimum Gasteiger partial charge on any atom is -0.853 e. The van der Waals surface area contributed by atoms with E-state index in [9.17, 15) is 70.2 Å². The average Bonchev–Trinajstić information content (AvgIpc) is 2.89. The van der Waals surface area contributed by atoms with Crippen molar-refractivity contribution in [2.24, 2.45) is 0 Å². The fraction of sp³-hybridized carbons (Fsp3) is 0.818. The van der Waals surface area contributed by atoms with Crippen molar-refractivity contribution < 1.29 is 89.9 Å². The molecule has 0 bridgehead atoms. The molecule has 12 N–H and O–H groups in total. The number of aliphatic hydroxyl groups is 8. The van der Waals surface area contributed by atoms with Gasteiger partial charge in [0.1, 0.15) is 24.4 Å². The van der Waals surface area contributed by atoms with Crippen LogP contribution in [-0.4, -0.2) is 209 Å². The number of hydrogen-bond donors (Lipinski definition) is 12. The van der Waals surface area contributed by atoms with Crippen molar-refractivity contribution in [2.75, 3.05) is 13.2 Å². The molecule has 2 saturated heterocycles. The normalized spacial score (nSPS) is 35.0. The molecule has 0 unspecified atom stereocenters. The summed E-state index contributed by atoms with van der Waals surface area (Å²) < 4.78 is 9.67. The van der Waals surface area contributed by atoms with Crippen LogP contribution >= 0.6 is 0 Å². The zero-order chi connectivity index (χ0) is 32.7. The number of rotatable bonds is 10. The molecule has 12 atom stereocenters. The van der Waals surface area contributed by atoms with E-state index in [1.807, 2.05) is 0 Å². The topological polar surface area (TPSA) is 359 Å². The van der Waals surface area contributed by atoms with Crippen LogP contribution in [0, 0.1) is 0 Å². The van der Waals surface area contributed by atoms with Gasteiger partial charge in [-0.1, -0.05) is 0 Å². The molecule has 43 heavy (non-hydrogen) atoms. The Bertz CT molecular complexity index is 887. The largest absolute Gasteiger partial charge is 2.00 e. The maximum absolute atomic E-state index is 11.1. The number of hydrogen-bond acceptors (Lipinski definition) is 16. The Kier molecular flexibility index (Phi) is 17.2. The first-order chi connectivity index (χ1) is 19.2. The third-order valence-electron chi connectivity index (χ3n) is 6.38. The first kappa shape index (κ1) is 42.0. The number of carbonyl (C=O) groups excluding carboxylic acids is 2. The zero-order valence-corrected chi connectivity index (χ0v) is 27.5. The van der Waals surface area contributed by atoms with E-state index >= 15 is 0 Å². The molecule has 0 aliphatic carbocycles. The number of amides is 2. The molecule has 2 aliphatic heterocycles. The van der Waals surface area contributed by atoms with E-state index in [0.717, 1.165) is 13.8 Å². The Morgan fingerprint density at radius 3 is 1.23 bits per heavy atom. The first-order valence-electron chi connectivity index (χ1n) is 12.3. The van der Waals surface area contributed by atoms with Gasteiger partial charge in [-0.15, -0.1) is 13.2 Å². The van der Waals surface area contributed by atoms with Crippen LogP contribution in [0.15, 0.2) is 0 Å². The molecule has 0 aromatic carbocycles. The number of carboxylic acid groups (broad SMARTS) is 2. The molecule has 2 aliphatic rings. The number of carboxylic acids is 2. The van der Waals surface area contributed by atoms with Crippen LogP contribution in [0.4, 0.5) is 0 Å². The van der Waals surface area contributed by atoms with Crippen LogP contribution in [0.2, 0.25) is 0 Å². The fourth-order valence-electron chi connectivity index (χ4n) is 4.25. The minimum atomic E-state index is -2.80. The Morgan fingerprint density at radius 2 is 1.02 bits per heavy atom. The quantitative estimate of drug-likeness (QED) is 0.0921. The van der Waals surface area contributed by atoms with Gasteiger partial charge in [-0.05, 0) is 0 Å². The molecule has 21 heteroatoms. The van der Waals surface area contributed by atoms with Gasteiger partial charge < -0.3 is 81.4 Å². The summed E-state index contributed by atoms with van der Waals surface area (Å²) in [6.45, 7) is -0.0127. The summed E-state index contributed by atoms with van der Waals surface area (Å²) in [5, 5.41) is 121. The molecular weight excluding hydrogens is 718 g/mol. The third-order valence-corrected chi connectivity index (χ3v) is 6.38. The van der Waals surface area contributed by atoms with E-state index in [-0.39, 0.29) is 48.9 Å². The average molecular weight is 754 g/mol. The number of aliphatic carboxylic acids is 2. The molecule has 0 aromatic heterocycles. The Morgan fingerprint density at radius 1 is 0.744 bits per heavy atom. The van der Waals surface area contributed by atoms with Crippen LogP contribution in [-0.2, 0) is 28.7 Å². The second-order valence-corrected chi connectivity index (χ2v) is 9.79. The fourth-order valence-corrected chi connectivity index (χ4v) is 4.25. The van der Waals surface area contributed by atoms with Crippen molar-refractivity contribution >= 4 is 72.6 Å². The maximum Gasteiger partial charge on any atom is 2.00 e. The van der Waals surface area contributed by atoms with Crippen molar-refractivity contribution in [1.82, 2.24) is 10.6 Å². The van der Waals surface area contributed by atoms with Gasteiger partial charge in [0.2, 0.25) is 11.8 Å². The van der Waals surface area contributed by atoms with Crippen LogP contribution in [0.1, 0.15) is 26.7 Å². The number of ether oxygens (including phenoxy) is 2. The van der Waals surface area contributed by atoms with Crippen molar-refractivity contribution in [3.63, 3.8) is 0 Å². The van der Waals surface area contributed by atoms with E-state index in [0.29, 0.717) is 0 Å².